The summed E-state index contributed by atoms with van der Waals surface area (Å²) in [6, 6.07) is 7.50. The van der Waals surface area contributed by atoms with Crippen LogP contribution in [0.5, 0.6) is 0 Å². The number of carbonyl (C=O) groups is 2. The van der Waals surface area contributed by atoms with E-state index in [0.717, 1.165) is 6.20 Å². The molecule has 11 heteroatoms. The van der Waals surface area contributed by atoms with Gasteiger partial charge < -0.3 is 10.6 Å². The van der Waals surface area contributed by atoms with Crippen molar-refractivity contribution in [1.82, 2.24) is 15.1 Å². The van der Waals surface area contributed by atoms with Crippen LogP contribution in [-0.4, -0.2) is 33.9 Å². The van der Waals surface area contributed by atoms with E-state index in [-0.39, 0.29) is 29.3 Å². The number of hydrogen-bond acceptors (Lipinski definition) is 4. The fraction of sp³-hybridized carbons (Fsp3) is 0.120. The number of nitrogens with one attached hydrogen (secondary N) is 2. The molecule has 0 saturated carbocycles. The Labute approximate surface area is 206 Å². The third-order valence-corrected chi connectivity index (χ3v) is 6.65. The minimum absolute atomic E-state index is 0.0886. The van der Waals surface area contributed by atoms with Crippen LogP contribution in [0, 0.1) is 5.92 Å². The molecule has 2 atom stereocenters. The number of aliphatic imine (C=N–C) groups is 1. The van der Waals surface area contributed by atoms with Gasteiger partial charge in [0, 0.05) is 39.2 Å². The van der Waals surface area contributed by atoms with Crippen LogP contribution < -0.4 is 10.6 Å². The quantitative estimate of drug-likeness (QED) is 0.521. The second-order valence-corrected chi connectivity index (χ2v) is 8.87. The van der Waals surface area contributed by atoms with Gasteiger partial charge in [-0.1, -0.05) is 35.9 Å². The maximum atomic E-state index is 14.3. The Morgan fingerprint density at radius 3 is 2.83 bits per heavy atom. The van der Waals surface area contributed by atoms with Crippen LogP contribution in [0.25, 0.3) is 16.5 Å². The molecule has 2 aliphatic heterocycles. The number of fused-ring (bicyclic) bond motifs is 1. The van der Waals surface area contributed by atoms with Gasteiger partial charge in [-0.15, -0.1) is 0 Å². The van der Waals surface area contributed by atoms with Crippen LogP contribution in [0.1, 0.15) is 26.4 Å². The molecular formula is C25H15ClF3N5O2. The third kappa shape index (κ3) is 3.44. The monoisotopic (exact) mass is 509 g/mol. The number of benzene rings is 2. The van der Waals surface area contributed by atoms with E-state index in [1.807, 2.05) is 6.08 Å². The number of allylic oxidation sites excluding steroid dienone is 3. The predicted octanol–water partition coefficient (Wildman–Crippen LogP) is 4.99. The van der Waals surface area contributed by atoms with E-state index in [1.54, 1.807) is 36.4 Å². The number of halogens is 4. The first kappa shape index (κ1) is 22.3. The molecule has 2 amide bonds. The van der Waals surface area contributed by atoms with Crippen molar-refractivity contribution >= 4 is 46.1 Å². The predicted molar refractivity (Wildman–Crippen MR) is 128 cm³/mol. The topological polar surface area (TPSA) is 88.4 Å². The zero-order valence-corrected chi connectivity index (χ0v) is 18.9. The Morgan fingerprint density at radius 1 is 1.19 bits per heavy atom. The molecule has 3 aromatic rings. The van der Waals surface area contributed by atoms with E-state index in [9.17, 15) is 22.8 Å². The van der Waals surface area contributed by atoms with E-state index < -0.39 is 23.3 Å². The molecule has 1 aliphatic carbocycles. The van der Waals surface area contributed by atoms with Gasteiger partial charge in [-0.3, -0.25) is 14.6 Å². The highest BCUT2D eigenvalue weighted by Crippen LogP contribution is 2.39. The molecule has 0 saturated heterocycles. The summed E-state index contributed by atoms with van der Waals surface area (Å²) < 4.78 is 43.6. The number of nitrogens with zero attached hydrogens (tertiary/aromatic N) is 3. The lowest BCUT2D eigenvalue weighted by Crippen LogP contribution is -2.31. The number of hydrogen-bond donors (Lipinski definition) is 2. The maximum absolute atomic E-state index is 14.3. The molecule has 6 rings (SSSR count). The average molecular weight is 510 g/mol. The van der Waals surface area contributed by atoms with Crippen LogP contribution in [-0.2, 0) is 6.18 Å². The Kier molecular flexibility index (Phi) is 4.91. The first-order valence-electron chi connectivity index (χ1n) is 10.9. The lowest BCUT2D eigenvalue weighted by atomic mass is 9.92. The van der Waals surface area contributed by atoms with Gasteiger partial charge in [0.05, 0.1) is 29.2 Å². The number of rotatable bonds is 3. The molecule has 0 bridgehead atoms. The molecular weight excluding hydrogens is 495 g/mol. The Morgan fingerprint density at radius 2 is 2.03 bits per heavy atom. The lowest BCUT2D eigenvalue weighted by Gasteiger charge is -2.25. The third-order valence-electron chi connectivity index (χ3n) is 6.27. The summed E-state index contributed by atoms with van der Waals surface area (Å²) in [6.07, 6.45) is 4.34. The van der Waals surface area contributed by atoms with Crippen LogP contribution in [0.15, 0.2) is 76.6 Å². The van der Waals surface area contributed by atoms with Crippen molar-refractivity contribution in [2.24, 2.45) is 10.9 Å². The van der Waals surface area contributed by atoms with Crippen LogP contribution in [0.4, 0.5) is 18.9 Å². The van der Waals surface area contributed by atoms with Crippen molar-refractivity contribution < 1.29 is 22.8 Å². The summed E-state index contributed by atoms with van der Waals surface area (Å²) in [5, 5.41) is 10.5. The van der Waals surface area contributed by atoms with E-state index in [0.29, 0.717) is 31.7 Å². The summed E-state index contributed by atoms with van der Waals surface area (Å²) in [6.45, 7) is 0. The van der Waals surface area contributed by atoms with Gasteiger partial charge in [0.15, 0.2) is 5.69 Å². The number of amides is 2. The minimum Gasteiger partial charge on any atom is -0.321 e. The smallest absolute Gasteiger partial charge is 0.321 e. The van der Waals surface area contributed by atoms with Gasteiger partial charge in [-0.25, -0.2) is 4.68 Å². The van der Waals surface area contributed by atoms with Gasteiger partial charge in [0.1, 0.15) is 0 Å². The fourth-order valence-electron chi connectivity index (χ4n) is 4.68. The Balaban J connectivity index is 1.41. The van der Waals surface area contributed by atoms with E-state index in [2.05, 4.69) is 20.7 Å². The SMILES string of the molecule is O=C(NC1=CC2C(Cl)=CC=CC2N=C1)c1cnn(-c2ccc3c4c(cccc24)C(=O)N3)c1C(F)(F)F. The fourth-order valence-corrected chi connectivity index (χ4v) is 4.94. The molecule has 0 spiro atoms. The molecule has 1 aromatic heterocycles. The van der Waals surface area contributed by atoms with Crippen LogP contribution >= 0.6 is 11.6 Å². The van der Waals surface area contributed by atoms with E-state index in [4.69, 9.17) is 11.6 Å². The van der Waals surface area contributed by atoms with Crippen molar-refractivity contribution in [2.45, 2.75) is 12.2 Å². The summed E-state index contributed by atoms with van der Waals surface area (Å²) in [7, 11) is 0. The van der Waals surface area contributed by atoms with E-state index in [1.165, 1.54) is 18.3 Å². The Bertz CT molecular complexity index is 1600. The largest absolute Gasteiger partial charge is 0.434 e. The molecule has 180 valence electrons. The summed E-state index contributed by atoms with van der Waals surface area (Å²) in [5.74, 6) is -1.64. The summed E-state index contributed by atoms with van der Waals surface area (Å²) in [4.78, 5) is 29.5. The molecule has 7 nitrogen and oxygen atoms in total. The highest BCUT2D eigenvalue weighted by molar-refractivity contribution is 6.30. The summed E-state index contributed by atoms with van der Waals surface area (Å²) in [5.41, 5.74) is -0.705. The molecule has 36 heavy (non-hydrogen) atoms. The average Bonchev–Trinajstić information content (AvgIpc) is 3.43. The first-order chi connectivity index (χ1) is 17.2. The normalized spacial score (nSPS) is 20.2. The van der Waals surface area contributed by atoms with Crippen LogP contribution in [0.2, 0.25) is 0 Å². The van der Waals surface area contributed by atoms with E-state index >= 15 is 0 Å². The highest BCUT2D eigenvalue weighted by atomic mass is 35.5. The molecule has 2 unspecified atom stereocenters. The zero-order valence-electron chi connectivity index (χ0n) is 18.2. The second-order valence-electron chi connectivity index (χ2n) is 8.44. The number of alkyl halides is 3. The summed E-state index contributed by atoms with van der Waals surface area (Å²) >= 11 is 6.24. The molecule has 2 N–H and O–H groups in total. The lowest BCUT2D eigenvalue weighted by molar-refractivity contribution is -0.143. The van der Waals surface area contributed by atoms with Gasteiger partial charge >= 0.3 is 6.18 Å². The Hall–Kier alpha value is -4.18. The van der Waals surface area contributed by atoms with Gasteiger partial charge in [-0.2, -0.15) is 18.3 Å². The standard InChI is InChI=1S/C25H15ClF3N5O2/c26-17-5-2-6-18-15(17)9-12(10-30-18)32-24(36)16-11-31-34(22(16)25(27,28)29)20-8-7-19-21-13(20)3-1-4-14(21)23(35)33-19/h1-11,15,18H,(H,32,36)(H,33,35). The molecule has 2 aromatic carbocycles. The van der Waals surface area contributed by atoms with Gasteiger partial charge in [-0.05, 0) is 30.4 Å². The van der Waals surface area contributed by atoms with Crippen molar-refractivity contribution in [1.29, 1.82) is 0 Å². The zero-order chi connectivity index (χ0) is 25.2. The van der Waals surface area contributed by atoms with Crippen molar-refractivity contribution in [3.05, 3.63) is 88.4 Å². The molecule has 0 fully saturated rings. The van der Waals surface area contributed by atoms with Gasteiger partial charge in [0.25, 0.3) is 11.8 Å². The molecule has 0 radical (unpaired) electrons. The maximum Gasteiger partial charge on any atom is 0.434 e. The minimum atomic E-state index is -4.90. The molecule has 3 aliphatic rings. The number of dihydropyridines is 1. The van der Waals surface area contributed by atoms with Crippen LogP contribution in [0.3, 0.4) is 0 Å². The van der Waals surface area contributed by atoms with Gasteiger partial charge in [0.2, 0.25) is 0 Å². The van der Waals surface area contributed by atoms with Crippen molar-refractivity contribution in [3.63, 3.8) is 0 Å². The van der Waals surface area contributed by atoms with Crippen molar-refractivity contribution in [2.75, 3.05) is 5.32 Å². The number of carbonyl (C=O) groups excluding carboxylic acids is 2. The molecule has 3 heterocycles. The first-order valence-corrected chi connectivity index (χ1v) is 11.2. The second kappa shape index (κ2) is 7.92. The number of aromatic nitrogens is 2. The highest BCUT2D eigenvalue weighted by Gasteiger charge is 2.41. The van der Waals surface area contributed by atoms with Crippen molar-refractivity contribution in [3.8, 4) is 5.69 Å². The number of anilines is 1.